The molecule has 5 heteroatoms. The van der Waals surface area contributed by atoms with Gasteiger partial charge < -0.3 is 5.11 Å². The Morgan fingerprint density at radius 2 is 1.91 bits per heavy atom. The van der Waals surface area contributed by atoms with E-state index in [-0.39, 0.29) is 6.61 Å². The van der Waals surface area contributed by atoms with Crippen molar-refractivity contribution in [3.63, 3.8) is 0 Å². The van der Waals surface area contributed by atoms with Crippen molar-refractivity contribution in [3.8, 4) is 0 Å². The van der Waals surface area contributed by atoms with Gasteiger partial charge in [-0.25, -0.2) is 4.98 Å². The molecule has 0 saturated carbocycles. The number of rotatable bonds is 6. The molecular weight excluding hydrogens is 306 g/mol. The maximum Gasteiger partial charge on any atom is 0.107 e. The third-order valence-electron chi connectivity index (χ3n) is 4.54. The van der Waals surface area contributed by atoms with Crippen molar-refractivity contribution in [3.05, 3.63) is 52.0 Å². The normalized spacial score (nSPS) is 18.2. The average molecular weight is 331 g/mol. The summed E-state index contributed by atoms with van der Waals surface area (Å²) >= 11 is 1.65. The van der Waals surface area contributed by atoms with E-state index in [9.17, 15) is 0 Å². The number of benzene rings is 1. The second kappa shape index (κ2) is 8.02. The van der Waals surface area contributed by atoms with Crippen LogP contribution in [0.4, 0.5) is 0 Å². The molecule has 124 valence electrons. The van der Waals surface area contributed by atoms with E-state index in [0.717, 1.165) is 49.8 Å². The van der Waals surface area contributed by atoms with Gasteiger partial charge in [0.2, 0.25) is 0 Å². The van der Waals surface area contributed by atoms with E-state index < -0.39 is 0 Å². The van der Waals surface area contributed by atoms with Gasteiger partial charge in [-0.3, -0.25) is 9.80 Å². The Morgan fingerprint density at radius 1 is 1.17 bits per heavy atom. The van der Waals surface area contributed by atoms with Crippen molar-refractivity contribution in [1.29, 1.82) is 0 Å². The Balaban J connectivity index is 1.55. The first-order valence-electron chi connectivity index (χ1n) is 8.35. The van der Waals surface area contributed by atoms with Crippen molar-refractivity contribution in [2.45, 2.75) is 32.5 Å². The number of aliphatic hydroxyl groups excluding tert-OH is 1. The largest absolute Gasteiger partial charge is 0.390 e. The van der Waals surface area contributed by atoms with E-state index in [4.69, 9.17) is 5.11 Å². The molecule has 4 nitrogen and oxygen atoms in total. The summed E-state index contributed by atoms with van der Waals surface area (Å²) in [6.45, 7) is 7.59. The predicted octanol–water partition coefficient (Wildman–Crippen LogP) is 2.90. The molecule has 1 aromatic carbocycles. The molecule has 2 aromatic rings. The fraction of sp³-hybridized carbons (Fsp3) is 0.500. The van der Waals surface area contributed by atoms with E-state index in [1.165, 1.54) is 5.56 Å². The molecule has 0 bridgehead atoms. The monoisotopic (exact) mass is 331 g/mol. The molecular formula is C18H25N3OS. The molecule has 1 fully saturated rings. The van der Waals surface area contributed by atoms with Crippen LogP contribution in [0.5, 0.6) is 0 Å². The molecule has 0 amide bonds. The van der Waals surface area contributed by atoms with Crippen molar-refractivity contribution >= 4 is 11.3 Å². The highest BCUT2D eigenvalue weighted by Gasteiger charge is 2.24. The van der Waals surface area contributed by atoms with Crippen molar-refractivity contribution < 1.29 is 5.11 Å². The fourth-order valence-corrected chi connectivity index (χ4v) is 4.12. The standard InChI is InChI=1S/C18H25N3OS/c1-2-17(15-6-4-3-5-7-15)21-10-8-20(9-11-21)12-18-19-16(13-22)14-23-18/h3-7,14,17,22H,2,8-13H2,1H3. The molecule has 1 aliphatic heterocycles. The van der Waals surface area contributed by atoms with E-state index in [1.807, 2.05) is 5.38 Å². The van der Waals surface area contributed by atoms with Gasteiger partial charge in [-0.2, -0.15) is 0 Å². The van der Waals surface area contributed by atoms with Crippen LogP contribution in [-0.4, -0.2) is 46.1 Å². The summed E-state index contributed by atoms with van der Waals surface area (Å²) in [6, 6.07) is 11.4. The Kier molecular flexibility index (Phi) is 5.78. The SMILES string of the molecule is CCC(c1ccccc1)N1CCN(Cc2nc(CO)cs2)CC1. The molecule has 2 heterocycles. The van der Waals surface area contributed by atoms with Crippen LogP contribution in [0.1, 0.15) is 35.7 Å². The zero-order valence-corrected chi connectivity index (χ0v) is 14.5. The lowest BCUT2D eigenvalue weighted by Crippen LogP contribution is -2.47. The van der Waals surface area contributed by atoms with Crippen LogP contribution in [0.3, 0.4) is 0 Å². The minimum Gasteiger partial charge on any atom is -0.390 e. The number of piperazine rings is 1. The fourth-order valence-electron chi connectivity index (χ4n) is 3.30. The summed E-state index contributed by atoms with van der Waals surface area (Å²) in [7, 11) is 0. The number of hydrogen-bond acceptors (Lipinski definition) is 5. The number of thiazole rings is 1. The first-order valence-corrected chi connectivity index (χ1v) is 9.23. The Hall–Kier alpha value is -1.27. The van der Waals surface area contributed by atoms with Crippen molar-refractivity contribution in [1.82, 2.24) is 14.8 Å². The van der Waals surface area contributed by atoms with Crippen LogP contribution in [0.15, 0.2) is 35.7 Å². The van der Waals surface area contributed by atoms with Crippen LogP contribution in [0, 0.1) is 0 Å². The zero-order valence-electron chi connectivity index (χ0n) is 13.7. The van der Waals surface area contributed by atoms with Gasteiger partial charge in [0.1, 0.15) is 5.01 Å². The van der Waals surface area contributed by atoms with E-state index in [0.29, 0.717) is 6.04 Å². The van der Waals surface area contributed by atoms with Crippen LogP contribution >= 0.6 is 11.3 Å². The highest BCUT2D eigenvalue weighted by atomic mass is 32.1. The Labute approximate surface area is 142 Å². The first kappa shape index (κ1) is 16.6. The van der Waals surface area contributed by atoms with E-state index >= 15 is 0 Å². The predicted molar refractivity (Wildman–Crippen MR) is 94.4 cm³/mol. The van der Waals surface area contributed by atoms with Gasteiger partial charge in [0.25, 0.3) is 0 Å². The summed E-state index contributed by atoms with van der Waals surface area (Å²) < 4.78 is 0. The van der Waals surface area contributed by atoms with Crippen LogP contribution in [-0.2, 0) is 13.2 Å². The van der Waals surface area contributed by atoms with Crippen LogP contribution in [0.25, 0.3) is 0 Å². The lowest BCUT2D eigenvalue weighted by atomic mass is 10.0. The molecule has 1 N–H and O–H groups in total. The molecule has 1 aliphatic rings. The van der Waals surface area contributed by atoms with Gasteiger partial charge in [0, 0.05) is 37.6 Å². The molecule has 0 aliphatic carbocycles. The minimum absolute atomic E-state index is 0.0412. The van der Waals surface area contributed by atoms with Crippen LogP contribution in [0.2, 0.25) is 0 Å². The highest BCUT2D eigenvalue weighted by Crippen LogP contribution is 2.25. The third-order valence-corrected chi connectivity index (χ3v) is 5.42. The summed E-state index contributed by atoms with van der Waals surface area (Å²) in [5, 5.41) is 12.2. The number of nitrogens with zero attached hydrogens (tertiary/aromatic N) is 3. The number of aromatic nitrogens is 1. The van der Waals surface area contributed by atoms with Gasteiger partial charge in [-0.05, 0) is 12.0 Å². The summed E-state index contributed by atoms with van der Waals surface area (Å²) in [5.41, 5.74) is 2.22. The zero-order chi connectivity index (χ0) is 16.1. The second-order valence-corrected chi connectivity index (χ2v) is 6.98. The van der Waals surface area contributed by atoms with Crippen molar-refractivity contribution in [2.24, 2.45) is 0 Å². The molecule has 23 heavy (non-hydrogen) atoms. The summed E-state index contributed by atoms with van der Waals surface area (Å²) in [5.74, 6) is 0. The first-order chi connectivity index (χ1) is 11.3. The van der Waals surface area contributed by atoms with Gasteiger partial charge >= 0.3 is 0 Å². The number of aliphatic hydroxyl groups is 1. The molecule has 1 unspecified atom stereocenters. The van der Waals surface area contributed by atoms with Crippen molar-refractivity contribution in [2.75, 3.05) is 26.2 Å². The molecule has 1 atom stereocenters. The maximum atomic E-state index is 9.11. The smallest absolute Gasteiger partial charge is 0.107 e. The van der Waals surface area contributed by atoms with Gasteiger partial charge in [-0.15, -0.1) is 11.3 Å². The Bertz CT molecular complexity index is 593. The summed E-state index contributed by atoms with van der Waals surface area (Å²) in [4.78, 5) is 9.52. The number of hydrogen-bond donors (Lipinski definition) is 1. The lowest BCUT2D eigenvalue weighted by Gasteiger charge is -2.39. The van der Waals surface area contributed by atoms with Gasteiger partial charge in [-0.1, -0.05) is 37.3 Å². The quantitative estimate of drug-likeness (QED) is 0.883. The van der Waals surface area contributed by atoms with E-state index in [2.05, 4.69) is 52.0 Å². The maximum absolute atomic E-state index is 9.11. The van der Waals surface area contributed by atoms with Gasteiger partial charge in [0.15, 0.2) is 0 Å². The minimum atomic E-state index is 0.0412. The highest BCUT2D eigenvalue weighted by molar-refractivity contribution is 7.09. The second-order valence-electron chi connectivity index (χ2n) is 6.04. The molecule has 1 saturated heterocycles. The molecule has 1 aromatic heterocycles. The van der Waals surface area contributed by atoms with Gasteiger partial charge in [0.05, 0.1) is 18.8 Å². The lowest BCUT2D eigenvalue weighted by molar-refractivity contribution is 0.0895. The molecule has 3 rings (SSSR count). The molecule has 0 spiro atoms. The average Bonchev–Trinajstić information content (AvgIpc) is 3.06. The summed E-state index contributed by atoms with van der Waals surface area (Å²) in [6.07, 6.45) is 1.15. The third kappa shape index (κ3) is 4.18. The van der Waals surface area contributed by atoms with E-state index in [1.54, 1.807) is 11.3 Å². The van der Waals surface area contributed by atoms with Crippen LogP contribution < -0.4 is 0 Å². The Morgan fingerprint density at radius 3 is 2.52 bits per heavy atom. The molecule has 0 radical (unpaired) electrons. The topological polar surface area (TPSA) is 39.6 Å².